The van der Waals surface area contributed by atoms with E-state index in [1.165, 1.54) is 0 Å². The Hall–Kier alpha value is -1.28. The van der Waals surface area contributed by atoms with Crippen molar-refractivity contribution in [3.63, 3.8) is 0 Å². The van der Waals surface area contributed by atoms with Gasteiger partial charge in [-0.25, -0.2) is 15.8 Å². The predicted molar refractivity (Wildman–Crippen MR) is 71.6 cm³/mol. The summed E-state index contributed by atoms with van der Waals surface area (Å²) in [7, 11) is 1.65. The van der Waals surface area contributed by atoms with Crippen LogP contribution in [0.25, 0.3) is 10.2 Å². The number of fused-ring (bicyclic) bond motifs is 1. The highest BCUT2D eigenvalue weighted by Crippen LogP contribution is 2.24. The summed E-state index contributed by atoms with van der Waals surface area (Å²) in [6.07, 6.45) is 0.659. The standard InChI is InChI=1S/C11H16N4O2S/c1-16-5-6-17-4-2-9-13-10(15-12)8-3-7-18-11(8)14-9/h3,7H,2,4-6,12H2,1H3,(H,13,14,15). The molecule has 98 valence electrons. The van der Waals surface area contributed by atoms with Gasteiger partial charge in [0.2, 0.25) is 0 Å². The minimum absolute atomic E-state index is 0.574. The zero-order chi connectivity index (χ0) is 12.8. The third-order valence-corrected chi connectivity index (χ3v) is 3.22. The lowest BCUT2D eigenvalue weighted by molar-refractivity contribution is 0.0717. The summed E-state index contributed by atoms with van der Waals surface area (Å²) < 4.78 is 10.3. The van der Waals surface area contributed by atoms with Gasteiger partial charge in [-0.3, -0.25) is 0 Å². The number of thiophene rings is 1. The van der Waals surface area contributed by atoms with Gasteiger partial charge in [0.25, 0.3) is 0 Å². The normalized spacial score (nSPS) is 11.0. The van der Waals surface area contributed by atoms with Crippen LogP contribution in [0.5, 0.6) is 0 Å². The maximum absolute atomic E-state index is 5.45. The van der Waals surface area contributed by atoms with Crippen molar-refractivity contribution >= 4 is 27.4 Å². The Kier molecular flexibility index (Phi) is 4.82. The molecule has 0 saturated carbocycles. The Morgan fingerprint density at radius 2 is 2.22 bits per heavy atom. The van der Waals surface area contributed by atoms with Gasteiger partial charge in [-0.05, 0) is 11.4 Å². The molecule has 0 unspecified atom stereocenters. The molecular weight excluding hydrogens is 252 g/mol. The summed E-state index contributed by atoms with van der Waals surface area (Å²) >= 11 is 1.57. The molecule has 2 rings (SSSR count). The number of nitrogens with one attached hydrogen (secondary N) is 1. The van der Waals surface area contributed by atoms with Crippen LogP contribution in [0.2, 0.25) is 0 Å². The zero-order valence-electron chi connectivity index (χ0n) is 10.2. The van der Waals surface area contributed by atoms with Gasteiger partial charge < -0.3 is 14.9 Å². The fourth-order valence-electron chi connectivity index (χ4n) is 1.53. The molecule has 0 amide bonds. The molecule has 2 heterocycles. The first-order chi connectivity index (χ1) is 8.85. The van der Waals surface area contributed by atoms with Crippen LogP contribution in [0.3, 0.4) is 0 Å². The highest BCUT2D eigenvalue weighted by atomic mass is 32.1. The summed E-state index contributed by atoms with van der Waals surface area (Å²) in [5.74, 6) is 6.85. The molecule has 0 aliphatic rings. The van der Waals surface area contributed by atoms with Gasteiger partial charge in [-0.1, -0.05) is 0 Å². The lowest BCUT2D eigenvalue weighted by Gasteiger charge is -2.06. The fourth-order valence-corrected chi connectivity index (χ4v) is 2.31. The molecule has 18 heavy (non-hydrogen) atoms. The Morgan fingerprint density at radius 3 is 3.00 bits per heavy atom. The molecule has 0 atom stereocenters. The van der Waals surface area contributed by atoms with Crippen molar-refractivity contribution in [3.05, 3.63) is 17.3 Å². The van der Waals surface area contributed by atoms with Crippen LogP contribution in [-0.2, 0) is 15.9 Å². The average molecular weight is 268 g/mol. The van der Waals surface area contributed by atoms with E-state index in [1.54, 1.807) is 18.4 Å². The van der Waals surface area contributed by atoms with Crippen LogP contribution in [-0.4, -0.2) is 36.9 Å². The lowest BCUT2D eigenvalue weighted by Crippen LogP contribution is -2.12. The Morgan fingerprint density at radius 1 is 1.33 bits per heavy atom. The number of aromatic nitrogens is 2. The number of methoxy groups -OCH3 is 1. The van der Waals surface area contributed by atoms with E-state index < -0.39 is 0 Å². The fraction of sp³-hybridized carbons (Fsp3) is 0.455. The molecule has 7 heteroatoms. The Labute approximate surface area is 109 Å². The van der Waals surface area contributed by atoms with Gasteiger partial charge >= 0.3 is 0 Å². The molecular formula is C11H16N4O2S. The number of hydrogen-bond acceptors (Lipinski definition) is 7. The van der Waals surface area contributed by atoms with Crippen LogP contribution < -0.4 is 11.3 Å². The minimum Gasteiger partial charge on any atom is -0.382 e. The van der Waals surface area contributed by atoms with Crippen molar-refractivity contribution in [2.24, 2.45) is 5.84 Å². The van der Waals surface area contributed by atoms with Crippen LogP contribution in [0.15, 0.2) is 11.4 Å². The van der Waals surface area contributed by atoms with Crippen LogP contribution in [0.4, 0.5) is 5.82 Å². The lowest BCUT2D eigenvalue weighted by atomic mass is 10.3. The molecule has 0 fully saturated rings. The van der Waals surface area contributed by atoms with Crippen LogP contribution in [0.1, 0.15) is 5.82 Å². The van der Waals surface area contributed by atoms with Crippen LogP contribution in [0, 0.1) is 0 Å². The minimum atomic E-state index is 0.574. The van der Waals surface area contributed by atoms with Crippen LogP contribution >= 0.6 is 11.3 Å². The summed E-state index contributed by atoms with van der Waals surface area (Å²) in [5.41, 5.74) is 2.60. The number of nitrogens with two attached hydrogens (primary N) is 1. The molecule has 0 aromatic carbocycles. The van der Waals surface area contributed by atoms with Crippen molar-refractivity contribution < 1.29 is 9.47 Å². The number of hydrazine groups is 1. The number of nitrogen functional groups attached to an aromatic ring is 1. The second-order valence-corrected chi connectivity index (χ2v) is 4.52. The van der Waals surface area contributed by atoms with E-state index in [0.29, 0.717) is 32.1 Å². The van der Waals surface area contributed by atoms with Crippen molar-refractivity contribution in [3.8, 4) is 0 Å². The summed E-state index contributed by atoms with van der Waals surface area (Å²) in [5, 5.41) is 2.92. The molecule has 3 N–H and O–H groups in total. The first kappa shape index (κ1) is 13.2. The molecule has 0 radical (unpaired) electrons. The van der Waals surface area contributed by atoms with Gasteiger partial charge in [-0.2, -0.15) is 0 Å². The molecule has 0 spiro atoms. The molecule has 0 bridgehead atoms. The highest BCUT2D eigenvalue weighted by Gasteiger charge is 2.07. The van der Waals surface area contributed by atoms with Gasteiger partial charge in [0, 0.05) is 13.5 Å². The van der Waals surface area contributed by atoms with E-state index in [0.717, 1.165) is 16.0 Å². The quantitative estimate of drug-likeness (QED) is 0.446. The van der Waals surface area contributed by atoms with Gasteiger partial charge in [0.15, 0.2) is 5.82 Å². The molecule has 6 nitrogen and oxygen atoms in total. The molecule has 0 aliphatic carbocycles. The van der Waals surface area contributed by atoms with Crippen molar-refractivity contribution in [2.45, 2.75) is 6.42 Å². The maximum atomic E-state index is 5.45. The zero-order valence-corrected chi connectivity index (χ0v) is 11.0. The van der Waals surface area contributed by atoms with Crippen molar-refractivity contribution in [2.75, 3.05) is 32.4 Å². The van der Waals surface area contributed by atoms with Crippen molar-refractivity contribution in [1.29, 1.82) is 0 Å². The average Bonchev–Trinajstić information content (AvgIpc) is 2.85. The second-order valence-electron chi connectivity index (χ2n) is 3.63. The first-order valence-corrected chi connectivity index (χ1v) is 6.50. The van der Waals surface area contributed by atoms with Gasteiger partial charge in [-0.15, -0.1) is 11.3 Å². The van der Waals surface area contributed by atoms with E-state index in [9.17, 15) is 0 Å². The molecule has 0 aliphatic heterocycles. The largest absolute Gasteiger partial charge is 0.382 e. The van der Waals surface area contributed by atoms with E-state index in [-0.39, 0.29) is 0 Å². The third-order valence-electron chi connectivity index (χ3n) is 2.41. The number of anilines is 1. The number of rotatable bonds is 7. The SMILES string of the molecule is COCCOCCc1nc(NN)c2ccsc2n1. The summed E-state index contributed by atoms with van der Waals surface area (Å²) in [6.45, 7) is 1.75. The summed E-state index contributed by atoms with van der Waals surface area (Å²) in [4.78, 5) is 9.75. The van der Waals surface area contributed by atoms with Gasteiger partial charge in [0.05, 0.1) is 25.2 Å². The molecule has 2 aromatic rings. The van der Waals surface area contributed by atoms with E-state index >= 15 is 0 Å². The predicted octanol–water partition coefficient (Wildman–Crippen LogP) is 1.18. The van der Waals surface area contributed by atoms with Gasteiger partial charge in [0.1, 0.15) is 10.7 Å². The van der Waals surface area contributed by atoms with E-state index in [1.807, 2.05) is 11.4 Å². The number of ether oxygens (including phenoxy) is 2. The molecule has 0 saturated heterocycles. The Bertz CT molecular complexity index is 503. The van der Waals surface area contributed by atoms with Crippen molar-refractivity contribution in [1.82, 2.24) is 9.97 Å². The monoisotopic (exact) mass is 268 g/mol. The Balaban J connectivity index is 2.00. The maximum Gasteiger partial charge on any atom is 0.152 e. The topological polar surface area (TPSA) is 82.3 Å². The smallest absolute Gasteiger partial charge is 0.152 e. The van der Waals surface area contributed by atoms with E-state index in [4.69, 9.17) is 15.3 Å². The van der Waals surface area contributed by atoms with E-state index in [2.05, 4.69) is 15.4 Å². The third kappa shape index (κ3) is 3.14. The highest BCUT2D eigenvalue weighted by molar-refractivity contribution is 7.16. The summed E-state index contributed by atoms with van der Waals surface area (Å²) in [6, 6.07) is 1.95. The number of hydrogen-bond donors (Lipinski definition) is 2. The molecule has 2 aromatic heterocycles. The number of nitrogens with zero attached hydrogens (tertiary/aromatic N) is 2. The second kappa shape index (κ2) is 6.60. The first-order valence-electron chi connectivity index (χ1n) is 5.62.